The van der Waals surface area contributed by atoms with E-state index in [0.717, 1.165) is 12.1 Å². The molecule has 0 bridgehead atoms. The topological polar surface area (TPSA) is 31.9 Å². The van der Waals surface area contributed by atoms with Crippen LogP contribution in [0.4, 0.5) is 0 Å². The molecule has 2 aromatic rings. The summed E-state index contributed by atoms with van der Waals surface area (Å²) in [6.45, 7) is 3.51. The van der Waals surface area contributed by atoms with Crippen LogP contribution in [0.2, 0.25) is 0 Å². The normalized spacial score (nSPS) is 14.8. The molecule has 0 saturated carbocycles. The lowest BCUT2D eigenvalue weighted by Crippen LogP contribution is -2.32. The van der Waals surface area contributed by atoms with Gasteiger partial charge in [-0.05, 0) is 30.9 Å². The highest BCUT2D eigenvalue weighted by Crippen LogP contribution is 2.18. The fourth-order valence-electron chi connectivity index (χ4n) is 2.71. The Balaban J connectivity index is 0.00000121. The second kappa shape index (κ2) is 9.98. The molecule has 1 fully saturated rings. The molecule has 5 heteroatoms. The van der Waals surface area contributed by atoms with Crippen molar-refractivity contribution in [3.8, 4) is 0 Å². The number of piperidine rings is 1. The van der Waals surface area contributed by atoms with E-state index in [1.807, 2.05) is 6.20 Å². The molecule has 1 saturated heterocycles. The van der Waals surface area contributed by atoms with Gasteiger partial charge in [-0.2, -0.15) is 0 Å². The molecule has 0 radical (unpaired) electrons. The third-order valence-corrected chi connectivity index (χ3v) is 3.94. The Labute approximate surface area is 153 Å². The maximum Gasteiger partial charge on any atom is 0.0924 e. The lowest BCUT2D eigenvalue weighted by Gasteiger charge is -2.28. The van der Waals surface area contributed by atoms with Crippen molar-refractivity contribution in [1.82, 2.24) is 14.9 Å². The van der Waals surface area contributed by atoms with Gasteiger partial charge in [-0.25, -0.2) is 4.98 Å². The van der Waals surface area contributed by atoms with Gasteiger partial charge in [0.25, 0.3) is 0 Å². The molecule has 2 heterocycles. The van der Waals surface area contributed by atoms with E-state index in [1.165, 1.54) is 43.6 Å². The van der Waals surface area contributed by atoms with E-state index in [-0.39, 0.29) is 34.0 Å². The summed E-state index contributed by atoms with van der Waals surface area (Å²) in [6, 6.07) is 10.8. The van der Waals surface area contributed by atoms with Crippen molar-refractivity contribution in [3.63, 3.8) is 0 Å². The molecule has 1 aliphatic heterocycles. The van der Waals surface area contributed by atoms with Crippen LogP contribution in [0.15, 0.2) is 48.4 Å². The molecule has 3 rings (SSSR count). The fourth-order valence-corrected chi connectivity index (χ4v) is 2.71. The number of aromatic nitrogens is 2. The number of rotatable bonds is 4. The van der Waals surface area contributed by atoms with Crippen LogP contribution in [0.3, 0.4) is 0 Å². The highest BCUT2D eigenvalue weighted by molar-refractivity contribution is 8.93. The van der Waals surface area contributed by atoms with Crippen molar-refractivity contribution in [2.45, 2.75) is 19.3 Å². The minimum absolute atomic E-state index is 0. The number of imidazole rings is 1. The second-order valence-corrected chi connectivity index (χ2v) is 5.39. The number of nitrogens with one attached hydrogen (secondary N) is 1. The number of aromatic amines is 1. The minimum Gasteiger partial charge on any atom is -0.345 e. The van der Waals surface area contributed by atoms with Gasteiger partial charge in [-0.3, -0.25) is 0 Å². The van der Waals surface area contributed by atoms with E-state index in [0.29, 0.717) is 0 Å². The summed E-state index contributed by atoms with van der Waals surface area (Å²) in [7, 11) is 0. The van der Waals surface area contributed by atoms with Gasteiger partial charge >= 0.3 is 0 Å². The fraction of sp³-hybridized carbons (Fsp3) is 0.353. The molecule has 3 nitrogen and oxygen atoms in total. The molecule has 1 aliphatic rings. The summed E-state index contributed by atoms with van der Waals surface area (Å²) in [6.07, 6.45) is 9.37. The van der Waals surface area contributed by atoms with Crippen LogP contribution < -0.4 is 0 Å². The third kappa shape index (κ3) is 5.71. The number of hydrogen-bond donors (Lipinski definition) is 1. The summed E-state index contributed by atoms with van der Waals surface area (Å²) in [5, 5.41) is 0. The van der Waals surface area contributed by atoms with Crippen LogP contribution in [-0.2, 0) is 6.42 Å². The summed E-state index contributed by atoms with van der Waals surface area (Å²) < 4.78 is 0. The van der Waals surface area contributed by atoms with Crippen LogP contribution in [0.1, 0.15) is 24.1 Å². The van der Waals surface area contributed by atoms with Crippen molar-refractivity contribution in [2.75, 3.05) is 19.6 Å². The van der Waals surface area contributed by atoms with Gasteiger partial charge in [0.2, 0.25) is 0 Å². The lowest BCUT2D eigenvalue weighted by molar-refractivity contribution is 0.260. The molecule has 1 aromatic carbocycles. The Kier molecular flexibility index (Phi) is 8.68. The zero-order chi connectivity index (χ0) is 13.6. The molecule has 0 unspecified atom stereocenters. The first-order chi connectivity index (χ1) is 9.90. The minimum atomic E-state index is 0. The predicted octanol–water partition coefficient (Wildman–Crippen LogP) is 4.29. The van der Waals surface area contributed by atoms with Crippen molar-refractivity contribution in [2.24, 2.45) is 0 Å². The average Bonchev–Trinajstić information content (AvgIpc) is 3.01. The van der Waals surface area contributed by atoms with Crippen molar-refractivity contribution >= 4 is 40.0 Å². The molecule has 0 amide bonds. The van der Waals surface area contributed by atoms with Crippen LogP contribution in [0.25, 0.3) is 6.08 Å². The Morgan fingerprint density at radius 1 is 1.09 bits per heavy atom. The average molecular weight is 429 g/mol. The number of hydrogen-bond acceptors (Lipinski definition) is 2. The van der Waals surface area contributed by atoms with Gasteiger partial charge in [-0.15, -0.1) is 34.0 Å². The van der Waals surface area contributed by atoms with Gasteiger partial charge in [0.1, 0.15) is 0 Å². The number of nitrogens with zero attached hydrogens (tertiary/aromatic N) is 2. The zero-order valence-electron chi connectivity index (χ0n) is 12.6. The van der Waals surface area contributed by atoms with E-state index in [1.54, 1.807) is 6.33 Å². The second-order valence-electron chi connectivity index (χ2n) is 5.39. The third-order valence-electron chi connectivity index (χ3n) is 3.94. The first-order valence-electron chi connectivity index (χ1n) is 7.34. The lowest BCUT2D eigenvalue weighted by atomic mass is 10.0. The van der Waals surface area contributed by atoms with E-state index in [9.17, 15) is 0 Å². The van der Waals surface area contributed by atoms with Crippen molar-refractivity contribution < 1.29 is 0 Å². The zero-order valence-corrected chi connectivity index (χ0v) is 16.0. The van der Waals surface area contributed by atoms with E-state index in [2.05, 4.69) is 51.3 Å². The first-order valence-corrected chi connectivity index (χ1v) is 7.34. The van der Waals surface area contributed by atoms with Crippen LogP contribution in [0.5, 0.6) is 0 Å². The first kappa shape index (κ1) is 19.1. The Morgan fingerprint density at radius 2 is 1.82 bits per heavy atom. The molecular formula is C17H23Br2N3. The molecular weight excluding hydrogens is 406 g/mol. The summed E-state index contributed by atoms with van der Waals surface area (Å²) in [5.41, 5.74) is 4.09. The van der Waals surface area contributed by atoms with E-state index in [4.69, 9.17) is 0 Å². The number of benzene rings is 1. The highest BCUT2D eigenvalue weighted by Gasteiger charge is 2.13. The van der Waals surface area contributed by atoms with Crippen LogP contribution >= 0.6 is 34.0 Å². The largest absolute Gasteiger partial charge is 0.345 e. The summed E-state index contributed by atoms with van der Waals surface area (Å²) >= 11 is 0. The quantitative estimate of drug-likeness (QED) is 0.787. The molecule has 1 aromatic heterocycles. The maximum absolute atomic E-state index is 4.06. The van der Waals surface area contributed by atoms with E-state index < -0.39 is 0 Å². The van der Waals surface area contributed by atoms with Crippen LogP contribution in [0, 0.1) is 0 Å². The number of halogens is 2. The van der Waals surface area contributed by atoms with E-state index >= 15 is 0 Å². The van der Waals surface area contributed by atoms with Gasteiger partial charge in [0, 0.05) is 19.6 Å². The number of likely N-dealkylation sites (tertiary alicyclic amines) is 1. The summed E-state index contributed by atoms with van der Waals surface area (Å²) in [5.74, 6) is 0. The Morgan fingerprint density at radius 3 is 2.45 bits per heavy atom. The van der Waals surface area contributed by atoms with Gasteiger partial charge in [-0.1, -0.05) is 35.9 Å². The van der Waals surface area contributed by atoms with Crippen molar-refractivity contribution in [1.29, 1.82) is 0 Å². The molecule has 120 valence electrons. The van der Waals surface area contributed by atoms with Crippen LogP contribution in [-0.4, -0.2) is 34.5 Å². The molecule has 0 spiro atoms. The molecule has 0 atom stereocenters. The van der Waals surface area contributed by atoms with Gasteiger partial charge < -0.3 is 9.88 Å². The monoisotopic (exact) mass is 427 g/mol. The summed E-state index contributed by atoms with van der Waals surface area (Å²) in [4.78, 5) is 9.76. The molecule has 0 aliphatic carbocycles. The van der Waals surface area contributed by atoms with Gasteiger partial charge in [0.05, 0.1) is 18.2 Å². The SMILES string of the molecule is Br.Br.C(=C1CCN(CCc2ccccc2)CC1)c1cnc[nH]1. The smallest absolute Gasteiger partial charge is 0.0924 e. The highest BCUT2D eigenvalue weighted by atomic mass is 79.9. The van der Waals surface area contributed by atoms with Crippen molar-refractivity contribution in [3.05, 3.63) is 59.7 Å². The predicted molar refractivity (Wildman–Crippen MR) is 103 cm³/mol. The van der Waals surface area contributed by atoms with Gasteiger partial charge in [0.15, 0.2) is 0 Å². The Bertz CT molecular complexity index is 543. The molecule has 22 heavy (non-hydrogen) atoms. The molecule has 1 N–H and O–H groups in total. The number of H-pyrrole nitrogens is 1. The Hall–Kier alpha value is -0.910. The maximum atomic E-state index is 4.06. The standard InChI is InChI=1S/C17H21N3.2BrH/c1-2-4-15(5-3-1)6-9-20-10-7-16(8-11-20)12-17-13-18-14-19-17;;/h1-5,12-14H,6-11H2,(H,18,19);2*1H.